The molecule has 2 rings (SSSR count). The van der Waals surface area contributed by atoms with Crippen LogP contribution in [0.15, 0.2) is 24.3 Å². The summed E-state index contributed by atoms with van der Waals surface area (Å²) in [4.78, 5) is 2.47. The highest BCUT2D eigenvalue weighted by molar-refractivity contribution is 5.31. The van der Waals surface area contributed by atoms with Gasteiger partial charge in [0, 0.05) is 13.1 Å². The van der Waals surface area contributed by atoms with Gasteiger partial charge in [0.15, 0.2) is 0 Å². The SMILES string of the molecule is CCN1CCOC(CNC)C1c1cccc(OC)c1. The van der Waals surface area contributed by atoms with Gasteiger partial charge in [-0.15, -0.1) is 0 Å². The molecule has 4 nitrogen and oxygen atoms in total. The third kappa shape index (κ3) is 3.26. The molecule has 1 aliphatic rings. The maximum absolute atomic E-state index is 5.95. The Morgan fingerprint density at radius 2 is 2.32 bits per heavy atom. The van der Waals surface area contributed by atoms with Crippen molar-refractivity contribution in [3.8, 4) is 5.75 Å². The molecule has 1 aromatic rings. The van der Waals surface area contributed by atoms with Gasteiger partial charge in [0.25, 0.3) is 0 Å². The van der Waals surface area contributed by atoms with E-state index in [-0.39, 0.29) is 6.10 Å². The van der Waals surface area contributed by atoms with Crippen molar-refractivity contribution in [2.45, 2.75) is 19.1 Å². The van der Waals surface area contributed by atoms with Gasteiger partial charge in [-0.25, -0.2) is 0 Å². The number of likely N-dealkylation sites (N-methyl/N-ethyl adjacent to an activating group) is 2. The van der Waals surface area contributed by atoms with E-state index in [2.05, 4.69) is 29.3 Å². The van der Waals surface area contributed by atoms with E-state index in [0.29, 0.717) is 6.04 Å². The molecule has 4 heteroatoms. The molecule has 1 N–H and O–H groups in total. The fraction of sp³-hybridized carbons (Fsp3) is 0.600. The van der Waals surface area contributed by atoms with Gasteiger partial charge in [-0.3, -0.25) is 4.90 Å². The van der Waals surface area contributed by atoms with E-state index in [1.807, 2.05) is 19.2 Å². The maximum atomic E-state index is 5.95. The molecule has 0 aromatic heterocycles. The number of morpholine rings is 1. The normalized spacial score (nSPS) is 24.4. The van der Waals surface area contributed by atoms with Gasteiger partial charge in [-0.05, 0) is 31.3 Å². The number of nitrogens with one attached hydrogen (secondary N) is 1. The fourth-order valence-electron chi connectivity index (χ4n) is 2.76. The van der Waals surface area contributed by atoms with Crippen molar-refractivity contribution in [3.63, 3.8) is 0 Å². The Kier molecular flexibility index (Phi) is 5.19. The molecule has 2 atom stereocenters. The van der Waals surface area contributed by atoms with Gasteiger partial charge in [-0.2, -0.15) is 0 Å². The second-order valence-corrected chi connectivity index (χ2v) is 4.82. The molecular formula is C15H24N2O2. The van der Waals surface area contributed by atoms with E-state index in [9.17, 15) is 0 Å². The fourth-order valence-corrected chi connectivity index (χ4v) is 2.76. The van der Waals surface area contributed by atoms with Crippen LogP contribution in [0.5, 0.6) is 5.75 Å². The summed E-state index contributed by atoms with van der Waals surface area (Å²) in [5, 5.41) is 3.23. The number of hydrogen-bond acceptors (Lipinski definition) is 4. The molecule has 1 aromatic carbocycles. The third-order valence-electron chi connectivity index (χ3n) is 3.70. The summed E-state index contributed by atoms with van der Waals surface area (Å²) in [6.07, 6.45) is 0.186. The van der Waals surface area contributed by atoms with E-state index in [4.69, 9.17) is 9.47 Å². The highest BCUT2D eigenvalue weighted by atomic mass is 16.5. The Morgan fingerprint density at radius 3 is 3.00 bits per heavy atom. The van der Waals surface area contributed by atoms with Gasteiger partial charge < -0.3 is 14.8 Å². The minimum Gasteiger partial charge on any atom is -0.497 e. The number of hydrogen-bond donors (Lipinski definition) is 1. The summed E-state index contributed by atoms with van der Waals surface area (Å²) in [5.74, 6) is 0.905. The monoisotopic (exact) mass is 264 g/mol. The first kappa shape index (κ1) is 14.3. The Bertz CT molecular complexity index is 395. The summed E-state index contributed by atoms with van der Waals surface area (Å²) in [7, 11) is 3.68. The Hall–Kier alpha value is -1.10. The summed E-state index contributed by atoms with van der Waals surface area (Å²) >= 11 is 0. The highest BCUT2D eigenvalue weighted by Crippen LogP contribution is 2.31. The van der Waals surface area contributed by atoms with Gasteiger partial charge in [0.05, 0.1) is 25.9 Å². The first-order valence-corrected chi connectivity index (χ1v) is 6.94. The number of ether oxygens (including phenoxy) is 2. The smallest absolute Gasteiger partial charge is 0.119 e. The van der Waals surface area contributed by atoms with Gasteiger partial charge >= 0.3 is 0 Å². The van der Waals surface area contributed by atoms with Crippen molar-refractivity contribution in [1.29, 1.82) is 0 Å². The Labute approximate surface area is 115 Å². The van der Waals surface area contributed by atoms with Crippen molar-refractivity contribution in [1.82, 2.24) is 10.2 Å². The highest BCUT2D eigenvalue weighted by Gasteiger charge is 2.32. The van der Waals surface area contributed by atoms with Crippen LogP contribution in [0.25, 0.3) is 0 Å². The largest absolute Gasteiger partial charge is 0.497 e. The molecule has 2 unspecified atom stereocenters. The number of benzene rings is 1. The van der Waals surface area contributed by atoms with Crippen LogP contribution in [-0.2, 0) is 4.74 Å². The molecule has 19 heavy (non-hydrogen) atoms. The number of methoxy groups -OCH3 is 1. The van der Waals surface area contributed by atoms with Crippen molar-refractivity contribution >= 4 is 0 Å². The van der Waals surface area contributed by atoms with Crippen molar-refractivity contribution in [3.05, 3.63) is 29.8 Å². The minimum atomic E-state index is 0.186. The van der Waals surface area contributed by atoms with Crippen LogP contribution in [0.1, 0.15) is 18.5 Å². The van der Waals surface area contributed by atoms with E-state index in [1.54, 1.807) is 7.11 Å². The van der Waals surface area contributed by atoms with Crippen LogP contribution in [0.3, 0.4) is 0 Å². The minimum absolute atomic E-state index is 0.186. The standard InChI is InChI=1S/C15H24N2O2/c1-4-17-8-9-19-14(11-16-2)15(17)12-6-5-7-13(10-12)18-3/h5-7,10,14-16H,4,8-9,11H2,1-3H3. The molecule has 0 amide bonds. The van der Waals surface area contributed by atoms with Gasteiger partial charge in [0.2, 0.25) is 0 Å². The molecule has 1 aliphatic heterocycles. The van der Waals surface area contributed by atoms with Crippen molar-refractivity contribution < 1.29 is 9.47 Å². The van der Waals surface area contributed by atoms with Crippen molar-refractivity contribution in [2.75, 3.05) is 40.4 Å². The van der Waals surface area contributed by atoms with E-state index in [1.165, 1.54) is 5.56 Å². The molecular weight excluding hydrogens is 240 g/mol. The van der Waals surface area contributed by atoms with Crippen LogP contribution in [-0.4, -0.2) is 51.4 Å². The average molecular weight is 264 g/mol. The maximum Gasteiger partial charge on any atom is 0.119 e. The third-order valence-corrected chi connectivity index (χ3v) is 3.70. The zero-order valence-electron chi connectivity index (χ0n) is 12.1. The molecule has 0 saturated carbocycles. The predicted octanol–water partition coefficient (Wildman–Crippen LogP) is 1.68. The van der Waals surface area contributed by atoms with Crippen molar-refractivity contribution in [2.24, 2.45) is 0 Å². The molecule has 1 heterocycles. The van der Waals surface area contributed by atoms with Crippen LogP contribution < -0.4 is 10.1 Å². The summed E-state index contributed by atoms with van der Waals surface area (Å²) in [6, 6.07) is 8.60. The first-order valence-electron chi connectivity index (χ1n) is 6.94. The quantitative estimate of drug-likeness (QED) is 0.877. The lowest BCUT2D eigenvalue weighted by Crippen LogP contribution is -2.48. The molecule has 1 saturated heterocycles. The molecule has 1 fully saturated rings. The van der Waals surface area contributed by atoms with E-state index in [0.717, 1.165) is 32.0 Å². The molecule has 0 spiro atoms. The van der Waals surface area contributed by atoms with Crippen LogP contribution in [0, 0.1) is 0 Å². The lowest BCUT2D eigenvalue weighted by Gasteiger charge is -2.41. The molecule has 0 bridgehead atoms. The summed E-state index contributed by atoms with van der Waals surface area (Å²) in [6.45, 7) is 5.89. The zero-order chi connectivity index (χ0) is 13.7. The predicted molar refractivity (Wildman–Crippen MR) is 76.6 cm³/mol. The second-order valence-electron chi connectivity index (χ2n) is 4.82. The average Bonchev–Trinajstić information content (AvgIpc) is 2.47. The number of nitrogens with zero attached hydrogens (tertiary/aromatic N) is 1. The van der Waals surface area contributed by atoms with Crippen LogP contribution >= 0.6 is 0 Å². The van der Waals surface area contributed by atoms with Gasteiger partial charge in [-0.1, -0.05) is 19.1 Å². The lowest BCUT2D eigenvalue weighted by atomic mass is 9.97. The van der Waals surface area contributed by atoms with E-state index >= 15 is 0 Å². The summed E-state index contributed by atoms with van der Waals surface area (Å²) in [5.41, 5.74) is 1.26. The summed E-state index contributed by atoms with van der Waals surface area (Å²) < 4.78 is 11.3. The zero-order valence-corrected chi connectivity index (χ0v) is 12.1. The molecule has 0 radical (unpaired) electrons. The van der Waals surface area contributed by atoms with Crippen LogP contribution in [0.4, 0.5) is 0 Å². The molecule has 0 aliphatic carbocycles. The van der Waals surface area contributed by atoms with Gasteiger partial charge in [0.1, 0.15) is 5.75 Å². The Morgan fingerprint density at radius 1 is 1.47 bits per heavy atom. The van der Waals surface area contributed by atoms with E-state index < -0.39 is 0 Å². The number of rotatable bonds is 5. The Balaban J connectivity index is 2.27. The second kappa shape index (κ2) is 6.89. The first-order chi connectivity index (χ1) is 9.30. The molecule has 106 valence electrons. The van der Waals surface area contributed by atoms with Crippen LogP contribution in [0.2, 0.25) is 0 Å². The lowest BCUT2D eigenvalue weighted by molar-refractivity contribution is -0.0687. The topological polar surface area (TPSA) is 33.7 Å².